The van der Waals surface area contributed by atoms with Crippen molar-refractivity contribution in [3.8, 4) is 5.75 Å². The van der Waals surface area contributed by atoms with Gasteiger partial charge in [0.25, 0.3) is 5.91 Å². The lowest BCUT2D eigenvalue weighted by Crippen LogP contribution is -2.30. The Labute approximate surface area is 115 Å². The molecule has 0 aliphatic heterocycles. The summed E-state index contributed by atoms with van der Waals surface area (Å²) in [4.78, 5) is 11.5. The van der Waals surface area contributed by atoms with Crippen molar-refractivity contribution in [1.82, 2.24) is 5.32 Å². The van der Waals surface area contributed by atoms with E-state index >= 15 is 0 Å². The molecule has 98 valence electrons. The first-order valence-electron chi connectivity index (χ1n) is 5.70. The SMILES string of the molecule is Nc1cc(Cl)c(OCC(=O)NCC2CC2)c(Cl)c1. The molecule has 1 fully saturated rings. The Balaban J connectivity index is 1.86. The van der Waals surface area contributed by atoms with Crippen LogP contribution in [0.25, 0.3) is 0 Å². The summed E-state index contributed by atoms with van der Waals surface area (Å²) < 4.78 is 5.31. The maximum absolute atomic E-state index is 11.5. The summed E-state index contributed by atoms with van der Waals surface area (Å²) in [7, 11) is 0. The molecule has 0 heterocycles. The topological polar surface area (TPSA) is 64.3 Å². The molecule has 3 N–H and O–H groups in total. The molecule has 0 radical (unpaired) electrons. The molecule has 2 rings (SSSR count). The average molecular weight is 289 g/mol. The third kappa shape index (κ3) is 3.68. The predicted molar refractivity (Wildman–Crippen MR) is 72.1 cm³/mol. The molecule has 1 saturated carbocycles. The molecule has 1 amide bonds. The first-order valence-corrected chi connectivity index (χ1v) is 6.46. The van der Waals surface area contributed by atoms with Crippen molar-refractivity contribution in [3.63, 3.8) is 0 Å². The minimum absolute atomic E-state index is 0.101. The summed E-state index contributed by atoms with van der Waals surface area (Å²) in [6.45, 7) is 0.613. The van der Waals surface area contributed by atoms with E-state index in [2.05, 4.69) is 5.32 Å². The van der Waals surface area contributed by atoms with E-state index in [0.29, 0.717) is 28.2 Å². The number of anilines is 1. The van der Waals surface area contributed by atoms with E-state index in [1.165, 1.54) is 25.0 Å². The monoisotopic (exact) mass is 288 g/mol. The van der Waals surface area contributed by atoms with Gasteiger partial charge < -0.3 is 15.8 Å². The standard InChI is InChI=1S/C12H14Cl2N2O2/c13-9-3-8(15)4-10(14)12(9)18-6-11(17)16-5-7-1-2-7/h3-4,7H,1-2,5-6,15H2,(H,16,17). The zero-order valence-electron chi connectivity index (χ0n) is 9.71. The van der Waals surface area contributed by atoms with Crippen LogP contribution in [0.3, 0.4) is 0 Å². The van der Waals surface area contributed by atoms with Crippen LogP contribution in [0.4, 0.5) is 5.69 Å². The summed E-state index contributed by atoms with van der Waals surface area (Å²) in [6, 6.07) is 3.07. The highest BCUT2D eigenvalue weighted by Gasteiger charge is 2.21. The third-order valence-corrected chi connectivity index (χ3v) is 3.21. The van der Waals surface area contributed by atoms with Crippen molar-refractivity contribution in [3.05, 3.63) is 22.2 Å². The van der Waals surface area contributed by atoms with Crippen LogP contribution >= 0.6 is 23.2 Å². The molecule has 0 bridgehead atoms. The van der Waals surface area contributed by atoms with Crippen molar-refractivity contribution in [2.45, 2.75) is 12.8 Å². The first kappa shape index (κ1) is 13.3. The van der Waals surface area contributed by atoms with E-state index in [9.17, 15) is 4.79 Å². The summed E-state index contributed by atoms with van der Waals surface area (Å²) in [5.74, 6) is 0.748. The predicted octanol–water partition coefficient (Wildman–Crippen LogP) is 2.48. The molecule has 4 nitrogen and oxygen atoms in total. The van der Waals surface area contributed by atoms with Crippen molar-refractivity contribution >= 4 is 34.8 Å². The number of ether oxygens (including phenoxy) is 1. The fourth-order valence-corrected chi connectivity index (χ4v) is 2.10. The number of carbonyl (C=O) groups is 1. The number of nitrogens with one attached hydrogen (secondary N) is 1. The summed E-state index contributed by atoms with van der Waals surface area (Å²) >= 11 is 11.9. The average Bonchev–Trinajstić information content (AvgIpc) is 3.08. The molecule has 18 heavy (non-hydrogen) atoms. The van der Waals surface area contributed by atoms with Crippen LogP contribution in [0.1, 0.15) is 12.8 Å². The number of nitrogens with two attached hydrogens (primary N) is 1. The quantitative estimate of drug-likeness (QED) is 0.818. The van der Waals surface area contributed by atoms with E-state index in [1.54, 1.807) is 0 Å². The van der Waals surface area contributed by atoms with Gasteiger partial charge in [-0.2, -0.15) is 0 Å². The number of rotatable bonds is 5. The Bertz CT molecular complexity index is 438. The highest BCUT2D eigenvalue weighted by molar-refractivity contribution is 6.37. The first-order chi connectivity index (χ1) is 8.56. The Morgan fingerprint density at radius 1 is 1.39 bits per heavy atom. The Morgan fingerprint density at radius 2 is 2.00 bits per heavy atom. The minimum atomic E-state index is -0.175. The number of amides is 1. The molecule has 1 aromatic carbocycles. The van der Waals surface area contributed by atoms with E-state index in [4.69, 9.17) is 33.7 Å². The second-order valence-corrected chi connectivity index (χ2v) is 5.16. The van der Waals surface area contributed by atoms with Gasteiger partial charge in [-0.05, 0) is 30.9 Å². The molecule has 0 saturated heterocycles. The van der Waals surface area contributed by atoms with Gasteiger partial charge in [-0.1, -0.05) is 23.2 Å². The van der Waals surface area contributed by atoms with Crippen LogP contribution in [-0.2, 0) is 4.79 Å². The maximum atomic E-state index is 11.5. The number of nitrogen functional groups attached to an aromatic ring is 1. The molecule has 0 unspecified atom stereocenters. The molecular weight excluding hydrogens is 275 g/mol. The van der Waals surface area contributed by atoms with Crippen LogP contribution in [0.15, 0.2) is 12.1 Å². The number of halogens is 2. The normalized spacial score (nSPS) is 14.3. The molecule has 1 aliphatic rings. The van der Waals surface area contributed by atoms with Crippen molar-refractivity contribution in [2.75, 3.05) is 18.9 Å². The zero-order chi connectivity index (χ0) is 13.1. The highest BCUT2D eigenvalue weighted by Crippen LogP contribution is 2.35. The van der Waals surface area contributed by atoms with E-state index in [0.717, 1.165) is 0 Å². The molecule has 1 aliphatic carbocycles. The van der Waals surface area contributed by atoms with Gasteiger partial charge in [0.2, 0.25) is 0 Å². The lowest BCUT2D eigenvalue weighted by Gasteiger charge is -2.10. The largest absolute Gasteiger partial charge is 0.481 e. The van der Waals surface area contributed by atoms with Gasteiger partial charge in [-0.15, -0.1) is 0 Å². The second kappa shape index (κ2) is 5.67. The molecule has 0 aromatic heterocycles. The van der Waals surface area contributed by atoms with Crippen molar-refractivity contribution < 1.29 is 9.53 Å². The molecular formula is C12H14Cl2N2O2. The summed E-state index contributed by atoms with van der Waals surface area (Å²) in [5, 5.41) is 3.39. The lowest BCUT2D eigenvalue weighted by atomic mass is 10.3. The van der Waals surface area contributed by atoms with Gasteiger partial charge in [-0.3, -0.25) is 4.79 Å². The molecule has 0 spiro atoms. The number of carbonyl (C=O) groups excluding carboxylic acids is 1. The molecule has 1 aromatic rings. The van der Waals surface area contributed by atoms with Gasteiger partial charge in [0.15, 0.2) is 12.4 Å². The fraction of sp³-hybridized carbons (Fsp3) is 0.417. The van der Waals surface area contributed by atoms with Gasteiger partial charge >= 0.3 is 0 Å². The Hall–Kier alpha value is -1.13. The minimum Gasteiger partial charge on any atom is -0.481 e. The Kier molecular flexibility index (Phi) is 4.19. The van der Waals surface area contributed by atoms with Gasteiger partial charge in [0.1, 0.15) is 0 Å². The zero-order valence-corrected chi connectivity index (χ0v) is 11.2. The van der Waals surface area contributed by atoms with Crippen LogP contribution in [-0.4, -0.2) is 19.1 Å². The smallest absolute Gasteiger partial charge is 0.257 e. The third-order valence-electron chi connectivity index (χ3n) is 2.65. The fourth-order valence-electron chi connectivity index (χ4n) is 1.49. The van der Waals surface area contributed by atoms with Crippen molar-refractivity contribution in [1.29, 1.82) is 0 Å². The van der Waals surface area contributed by atoms with Gasteiger partial charge in [0.05, 0.1) is 10.0 Å². The van der Waals surface area contributed by atoms with E-state index in [1.807, 2.05) is 0 Å². The lowest BCUT2D eigenvalue weighted by molar-refractivity contribution is -0.123. The maximum Gasteiger partial charge on any atom is 0.257 e. The van der Waals surface area contributed by atoms with Crippen LogP contribution < -0.4 is 15.8 Å². The van der Waals surface area contributed by atoms with Crippen LogP contribution in [0.2, 0.25) is 10.0 Å². The summed E-state index contributed by atoms with van der Waals surface area (Å²) in [5.41, 5.74) is 6.02. The van der Waals surface area contributed by atoms with E-state index < -0.39 is 0 Å². The van der Waals surface area contributed by atoms with E-state index in [-0.39, 0.29) is 18.3 Å². The van der Waals surface area contributed by atoms with Crippen LogP contribution in [0.5, 0.6) is 5.75 Å². The molecule has 6 heteroatoms. The second-order valence-electron chi connectivity index (χ2n) is 4.35. The number of hydrogen-bond acceptors (Lipinski definition) is 3. The Morgan fingerprint density at radius 3 is 2.56 bits per heavy atom. The number of benzene rings is 1. The van der Waals surface area contributed by atoms with Crippen LogP contribution in [0, 0.1) is 5.92 Å². The summed E-state index contributed by atoms with van der Waals surface area (Å²) in [6.07, 6.45) is 2.38. The number of hydrogen-bond donors (Lipinski definition) is 2. The molecule has 0 atom stereocenters. The van der Waals surface area contributed by atoms with Gasteiger partial charge in [-0.25, -0.2) is 0 Å². The van der Waals surface area contributed by atoms with Crippen molar-refractivity contribution in [2.24, 2.45) is 5.92 Å². The highest BCUT2D eigenvalue weighted by atomic mass is 35.5. The van der Waals surface area contributed by atoms with Gasteiger partial charge in [0, 0.05) is 12.2 Å².